The zero-order chi connectivity index (χ0) is 26.0. The van der Waals surface area contributed by atoms with Gasteiger partial charge in [-0.1, -0.05) is 30.3 Å². The van der Waals surface area contributed by atoms with Crippen LogP contribution in [0, 0.1) is 6.92 Å². The van der Waals surface area contributed by atoms with E-state index in [4.69, 9.17) is 14.7 Å². The molecule has 4 aromatic rings. The largest absolute Gasteiger partial charge is 0.497 e. The first-order valence-corrected chi connectivity index (χ1v) is 13.8. The number of nitrogens with zero attached hydrogens (tertiary/aromatic N) is 4. The van der Waals surface area contributed by atoms with Gasteiger partial charge in [-0.3, -0.25) is 4.90 Å². The smallest absolute Gasteiger partial charge is 0.243 e. The van der Waals surface area contributed by atoms with Crippen molar-refractivity contribution in [1.82, 2.24) is 19.2 Å². The van der Waals surface area contributed by atoms with Gasteiger partial charge in [0.15, 0.2) is 0 Å². The summed E-state index contributed by atoms with van der Waals surface area (Å²) in [6, 6.07) is 22.6. The van der Waals surface area contributed by atoms with Crippen molar-refractivity contribution >= 4 is 32.4 Å². The van der Waals surface area contributed by atoms with Gasteiger partial charge in [0.05, 0.1) is 23.6 Å². The molecule has 1 aliphatic rings. The number of ether oxygens (including phenoxy) is 1. The molecule has 1 unspecified atom stereocenters. The summed E-state index contributed by atoms with van der Waals surface area (Å²) in [5.41, 5.74) is 3.01. The number of rotatable bonds is 7. The maximum Gasteiger partial charge on any atom is 0.243 e. The van der Waals surface area contributed by atoms with Crippen LogP contribution in [0.2, 0.25) is 0 Å². The highest BCUT2D eigenvalue weighted by molar-refractivity contribution is 7.89. The Bertz CT molecular complexity index is 1500. The van der Waals surface area contributed by atoms with Crippen LogP contribution >= 0.6 is 0 Å². The van der Waals surface area contributed by atoms with Crippen LogP contribution in [-0.2, 0) is 10.0 Å². The Morgan fingerprint density at radius 1 is 0.892 bits per heavy atom. The zero-order valence-electron chi connectivity index (χ0n) is 21.3. The first-order valence-electron chi connectivity index (χ1n) is 12.3. The van der Waals surface area contributed by atoms with Crippen LogP contribution in [0.5, 0.6) is 5.75 Å². The maximum absolute atomic E-state index is 13.2. The van der Waals surface area contributed by atoms with Gasteiger partial charge in [-0.15, -0.1) is 0 Å². The predicted octanol–water partition coefficient (Wildman–Crippen LogP) is 4.76. The number of hydrogen-bond donors (Lipinski definition) is 1. The predicted molar refractivity (Wildman–Crippen MR) is 146 cm³/mol. The summed E-state index contributed by atoms with van der Waals surface area (Å²) < 4.78 is 33.0. The average Bonchev–Trinajstić information content (AvgIpc) is 2.94. The minimum atomic E-state index is -3.57. The zero-order valence-corrected chi connectivity index (χ0v) is 22.1. The van der Waals surface area contributed by atoms with Gasteiger partial charge in [0, 0.05) is 37.3 Å². The molecule has 1 aromatic heterocycles. The average molecular weight is 518 g/mol. The lowest BCUT2D eigenvalue weighted by Gasteiger charge is -2.36. The second kappa shape index (κ2) is 10.5. The van der Waals surface area contributed by atoms with Crippen molar-refractivity contribution in [3.63, 3.8) is 0 Å². The number of anilines is 2. The first kappa shape index (κ1) is 25.1. The number of piperazine rings is 1. The Hall–Kier alpha value is -3.53. The fourth-order valence-corrected chi connectivity index (χ4v) is 6.03. The molecule has 8 nitrogen and oxygen atoms in total. The van der Waals surface area contributed by atoms with Gasteiger partial charge in [0.2, 0.25) is 10.0 Å². The molecule has 0 amide bonds. The van der Waals surface area contributed by atoms with Crippen molar-refractivity contribution in [2.24, 2.45) is 0 Å². The van der Waals surface area contributed by atoms with Crippen molar-refractivity contribution in [3.8, 4) is 5.75 Å². The van der Waals surface area contributed by atoms with Crippen molar-refractivity contribution < 1.29 is 13.2 Å². The standard InChI is InChI=1S/C28H31N5O3S/c1-20-8-4-6-10-25(20)29-28-24-9-5-7-11-26(24)30-27(31-28)21(2)32-16-18-33(19-17-32)37(34,35)23-14-12-22(36-3)13-15-23/h4-15,21H,16-19H2,1-3H3,(H,29,30,31). The summed E-state index contributed by atoms with van der Waals surface area (Å²) in [7, 11) is -2.00. The second-order valence-electron chi connectivity index (χ2n) is 9.18. The number of sulfonamides is 1. The van der Waals surface area contributed by atoms with Gasteiger partial charge in [-0.2, -0.15) is 4.31 Å². The van der Waals surface area contributed by atoms with Crippen LogP contribution in [0.3, 0.4) is 0 Å². The fraction of sp³-hybridized carbons (Fsp3) is 0.286. The molecule has 37 heavy (non-hydrogen) atoms. The van der Waals surface area contributed by atoms with Gasteiger partial charge in [-0.05, 0) is 61.9 Å². The number of aryl methyl sites for hydroxylation is 1. The first-order chi connectivity index (χ1) is 17.9. The van der Waals surface area contributed by atoms with E-state index < -0.39 is 10.0 Å². The number of nitrogens with one attached hydrogen (secondary N) is 1. The third-order valence-electron chi connectivity index (χ3n) is 6.91. The monoisotopic (exact) mass is 517 g/mol. The normalized spacial score (nSPS) is 16.0. The molecule has 1 aliphatic heterocycles. The lowest BCUT2D eigenvalue weighted by atomic mass is 10.1. The highest BCUT2D eigenvalue weighted by atomic mass is 32.2. The molecule has 192 valence electrons. The van der Waals surface area contributed by atoms with E-state index in [9.17, 15) is 8.42 Å². The van der Waals surface area contributed by atoms with Crippen molar-refractivity contribution in [1.29, 1.82) is 0 Å². The van der Waals surface area contributed by atoms with Crippen LogP contribution < -0.4 is 10.1 Å². The van der Waals surface area contributed by atoms with Gasteiger partial charge < -0.3 is 10.1 Å². The summed E-state index contributed by atoms with van der Waals surface area (Å²) in [5.74, 6) is 2.10. The molecule has 1 N–H and O–H groups in total. The lowest BCUT2D eigenvalue weighted by molar-refractivity contribution is 0.141. The van der Waals surface area contributed by atoms with E-state index >= 15 is 0 Å². The van der Waals surface area contributed by atoms with Crippen molar-refractivity contribution in [2.75, 3.05) is 38.6 Å². The Morgan fingerprint density at radius 3 is 2.27 bits per heavy atom. The van der Waals surface area contributed by atoms with Gasteiger partial charge in [0.1, 0.15) is 17.4 Å². The van der Waals surface area contributed by atoms with Crippen molar-refractivity contribution in [2.45, 2.75) is 24.8 Å². The minimum Gasteiger partial charge on any atom is -0.497 e. The van der Waals surface area contributed by atoms with E-state index in [1.165, 1.54) is 0 Å². The third kappa shape index (κ3) is 5.16. The molecule has 9 heteroatoms. The highest BCUT2D eigenvalue weighted by Crippen LogP contribution is 2.29. The van der Waals surface area contributed by atoms with E-state index in [2.05, 4.69) is 30.1 Å². The highest BCUT2D eigenvalue weighted by Gasteiger charge is 2.31. The SMILES string of the molecule is COc1ccc(S(=O)(=O)N2CCN(C(C)c3nc(Nc4ccccc4C)c4ccccc4n3)CC2)cc1. The topological polar surface area (TPSA) is 87.7 Å². The molecule has 1 fully saturated rings. The van der Waals surface area contributed by atoms with Crippen molar-refractivity contribution in [3.05, 3.63) is 84.2 Å². The number of fused-ring (bicyclic) bond motifs is 1. The third-order valence-corrected chi connectivity index (χ3v) is 8.82. The Labute approximate surface area is 218 Å². The molecule has 0 saturated carbocycles. The summed E-state index contributed by atoms with van der Waals surface area (Å²) in [6.45, 7) is 6.13. The van der Waals surface area contributed by atoms with Crippen LogP contribution in [0.4, 0.5) is 11.5 Å². The molecular formula is C28H31N5O3S. The number of benzene rings is 3. The Balaban J connectivity index is 1.35. The summed E-state index contributed by atoms with van der Waals surface area (Å²) in [6.07, 6.45) is 0. The van der Waals surface area contributed by atoms with Crippen LogP contribution in [0.1, 0.15) is 24.4 Å². The van der Waals surface area contributed by atoms with Crippen LogP contribution in [0.25, 0.3) is 10.9 Å². The van der Waals surface area contributed by atoms with E-state index in [-0.39, 0.29) is 10.9 Å². The lowest BCUT2D eigenvalue weighted by Crippen LogP contribution is -2.49. The summed E-state index contributed by atoms with van der Waals surface area (Å²) >= 11 is 0. The molecule has 0 spiro atoms. The van der Waals surface area contributed by atoms with Gasteiger partial charge in [-0.25, -0.2) is 18.4 Å². The van der Waals surface area contributed by atoms with E-state index in [1.807, 2.05) is 42.5 Å². The van der Waals surface area contributed by atoms with E-state index in [0.29, 0.717) is 37.8 Å². The number of aromatic nitrogens is 2. The second-order valence-corrected chi connectivity index (χ2v) is 11.1. The van der Waals surface area contributed by atoms with Crippen LogP contribution in [0.15, 0.2) is 77.7 Å². The van der Waals surface area contributed by atoms with Gasteiger partial charge >= 0.3 is 0 Å². The Kier molecular flexibility index (Phi) is 7.10. The summed E-state index contributed by atoms with van der Waals surface area (Å²) in [4.78, 5) is 12.3. The molecule has 3 aromatic carbocycles. The fourth-order valence-electron chi connectivity index (χ4n) is 4.61. The molecule has 0 aliphatic carbocycles. The molecule has 0 radical (unpaired) electrons. The molecule has 2 heterocycles. The number of para-hydroxylation sites is 2. The molecular weight excluding hydrogens is 486 g/mol. The van der Waals surface area contributed by atoms with E-state index in [0.717, 1.165) is 28.0 Å². The molecule has 0 bridgehead atoms. The molecule has 1 saturated heterocycles. The minimum absolute atomic E-state index is 0.0760. The maximum atomic E-state index is 13.2. The quantitative estimate of drug-likeness (QED) is 0.378. The Morgan fingerprint density at radius 2 is 1.57 bits per heavy atom. The number of hydrogen-bond acceptors (Lipinski definition) is 7. The number of methoxy groups -OCH3 is 1. The summed E-state index contributed by atoms with van der Waals surface area (Å²) in [5, 5.41) is 4.46. The van der Waals surface area contributed by atoms with E-state index in [1.54, 1.807) is 35.7 Å². The molecule has 5 rings (SSSR count). The van der Waals surface area contributed by atoms with Crippen LogP contribution in [-0.4, -0.2) is 60.9 Å². The van der Waals surface area contributed by atoms with Gasteiger partial charge in [0.25, 0.3) is 0 Å². The molecule has 1 atom stereocenters.